The Balaban J connectivity index is 2.13. The van der Waals surface area contributed by atoms with E-state index < -0.39 is 0 Å². The number of hydrogen-bond donors (Lipinski definition) is 2. The van der Waals surface area contributed by atoms with Crippen molar-refractivity contribution in [2.45, 2.75) is 25.9 Å². The summed E-state index contributed by atoms with van der Waals surface area (Å²) in [4.78, 5) is 0. The van der Waals surface area contributed by atoms with Gasteiger partial charge < -0.3 is 19.9 Å². The molecule has 5 heteroatoms. The number of aliphatic hydroxyl groups is 1. The molecule has 0 fully saturated rings. The first kappa shape index (κ1) is 13.5. The lowest BCUT2D eigenvalue weighted by Gasteiger charge is -2.14. The van der Waals surface area contributed by atoms with E-state index >= 15 is 0 Å². The first-order valence-corrected chi connectivity index (χ1v) is 6.50. The highest BCUT2D eigenvalue weighted by molar-refractivity contribution is 6.32. The zero-order valence-electron chi connectivity index (χ0n) is 10.4. The van der Waals surface area contributed by atoms with Crippen LogP contribution in [-0.4, -0.2) is 31.0 Å². The van der Waals surface area contributed by atoms with Gasteiger partial charge in [-0.3, -0.25) is 0 Å². The topological polar surface area (TPSA) is 50.7 Å². The zero-order chi connectivity index (χ0) is 13.0. The molecule has 0 amide bonds. The Labute approximate surface area is 112 Å². The molecule has 1 atom stereocenters. The molecule has 0 saturated carbocycles. The Morgan fingerprint density at radius 1 is 1.39 bits per heavy atom. The highest BCUT2D eigenvalue weighted by atomic mass is 35.5. The van der Waals surface area contributed by atoms with E-state index in [4.69, 9.17) is 26.2 Å². The van der Waals surface area contributed by atoms with Crippen LogP contribution in [0.25, 0.3) is 0 Å². The van der Waals surface area contributed by atoms with Crippen molar-refractivity contribution < 1.29 is 14.6 Å². The van der Waals surface area contributed by atoms with Gasteiger partial charge in [-0.15, -0.1) is 0 Å². The van der Waals surface area contributed by atoms with Crippen molar-refractivity contribution in [1.29, 1.82) is 0 Å². The molecule has 100 valence electrons. The number of ether oxygens (including phenoxy) is 2. The van der Waals surface area contributed by atoms with Crippen molar-refractivity contribution in [3.8, 4) is 11.5 Å². The summed E-state index contributed by atoms with van der Waals surface area (Å²) in [5.74, 6) is 1.33. The molecule has 1 aliphatic heterocycles. The molecule has 0 bridgehead atoms. The first-order chi connectivity index (χ1) is 8.70. The van der Waals surface area contributed by atoms with E-state index in [1.54, 1.807) is 0 Å². The van der Waals surface area contributed by atoms with Crippen LogP contribution in [0.4, 0.5) is 0 Å². The average molecular weight is 272 g/mol. The van der Waals surface area contributed by atoms with Gasteiger partial charge >= 0.3 is 0 Å². The molecule has 2 N–H and O–H groups in total. The minimum atomic E-state index is 0.0553. The Kier molecular flexibility index (Phi) is 4.69. The van der Waals surface area contributed by atoms with Crippen molar-refractivity contribution in [3.63, 3.8) is 0 Å². The highest BCUT2D eigenvalue weighted by Gasteiger charge is 2.15. The number of aliphatic hydroxyl groups excluding tert-OH is 1. The summed E-state index contributed by atoms with van der Waals surface area (Å²) in [6.07, 6.45) is 0.861. The summed E-state index contributed by atoms with van der Waals surface area (Å²) in [6.45, 7) is 3.94. The van der Waals surface area contributed by atoms with Gasteiger partial charge in [-0.1, -0.05) is 11.6 Å². The summed E-state index contributed by atoms with van der Waals surface area (Å²) in [5.41, 5.74) is 1.02. The maximum Gasteiger partial charge on any atom is 0.179 e. The molecule has 0 saturated heterocycles. The smallest absolute Gasteiger partial charge is 0.179 e. The molecule has 1 aromatic carbocycles. The second kappa shape index (κ2) is 6.27. The van der Waals surface area contributed by atoms with Crippen LogP contribution in [0.3, 0.4) is 0 Å². The van der Waals surface area contributed by atoms with Crippen LogP contribution in [0.1, 0.15) is 18.9 Å². The van der Waals surface area contributed by atoms with Crippen molar-refractivity contribution in [1.82, 2.24) is 5.32 Å². The SMILES string of the molecule is CC(CO)NCc1cc(Cl)c2c(c1)OCCCO2. The fourth-order valence-electron chi connectivity index (χ4n) is 1.74. The van der Waals surface area contributed by atoms with Gasteiger partial charge in [-0.05, 0) is 24.6 Å². The molecule has 0 aliphatic carbocycles. The lowest BCUT2D eigenvalue weighted by molar-refractivity contribution is 0.251. The van der Waals surface area contributed by atoms with Gasteiger partial charge in [0.15, 0.2) is 11.5 Å². The molecule has 0 spiro atoms. The third-order valence-electron chi connectivity index (χ3n) is 2.79. The molecule has 1 heterocycles. The lowest BCUT2D eigenvalue weighted by Crippen LogP contribution is -2.28. The molecule has 4 nitrogen and oxygen atoms in total. The molecular formula is C13H18ClNO3. The molecule has 1 aromatic rings. The third kappa shape index (κ3) is 3.28. The van der Waals surface area contributed by atoms with E-state index in [0.717, 1.165) is 12.0 Å². The Morgan fingerprint density at radius 3 is 2.94 bits per heavy atom. The van der Waals surface area contributed by atoms with Crippen LogP contribution in [0.5, 0.6) is 11.5 Å². The quantitative estimate of drug-likeness (QED) is 0.879. The largest absolute Gasteiger partial charge is 0.489 e. The zero-order valence-corrected chi connectivity index (χ0v) is 11.2. The van der Waals surface area contributed by atoms with Gasteiger partial charge in [0.05, 0.1) is 24.8 Å². The van der Waals surface area contributed by atoms with Crippen molar-refractivity contribution in [2.75, 3.05) is 19.8 Å². The first-order valence-electron chi connectivity index (χ1n) is 6.13. The molecule has 2 rings (SSSR count). The lowest BCUT2D eigenvalue weighted by atomic mass is 10.2. The Hall–Kier alpha value is -0.970. The summed E-state index contributed by atoms with van der Waals surface area (Å²) < 4.78 is 11.2. The van der Waals surface area contributed by atoms with Gasteiger partial charge in [0.25, 0.3) is 0 Å². The van der Waals surface area contributed by atoms with E-state index in [1.807, 2.05) is 19.1 Å². The van der Waals surface area contributed by atoms with Gasteiger partial charge in [-0.25, -0.2) is 0 Å². The normalized spacial score (nSPS) is 16.2. The van der Waals surface area contributed by atoms with E-state index in [1.165, 1.54) is 0 Å². The summed E-state index contributed by atoms with van der Waals surface area (Å²) in [6, 6.07) is 3.86. The number of fused-ring (bicyclic) bond motifs is 1. The second-order valence-electron chi connectivity index (χ2n) is 4.42. The highest BCUT2D eigenvalue weighted by Crippen LogP contribution is 2.37. The van der Waals surface area contributed by atoms with Gasteiger partial charge in [0, 0.05) is 19.0 Å². The number of rotatable bonds is 4. The Morgan fingerprint density at radius 2 is 2.17 bits per heavy atom. The van der Waals surface area contributed by atoms with Gasteiger partial charge in [0.1, 0.15) is 0 Å². The maximum atomic E-state index is 8.96. The maximum absolute atomic E-state index is 8.96. The summed E-state index contributed by atoms with van der Waals surface area (Å²) in [5, 5.41) is 12.7. The minimum absolute atomic E-state index is 0.0553. The monoisotopic (exact) mass is 271 g/mol. The van der Waals surface area contributed by atoms with Crippen LogP contribution in [0.2, 0.25) is 5.02 Å². The standard InChI is InChI=1S/C13H18ClNO3/c1-9(8-16)15-7-10-5-11(14)13-12(6-10)17-3-2-4-18-13/h5-6,9,15-16H,2-4,7-8H2,1H3. The predicted octanol–water partition coefficient (Wildman–Crippen LogP) is 1.97. The number of nitrogens with one attached hydrogen (secondary N) is 1. The fourth-order valence-corrected chi connectivity index (χ4v) is 2.03. The molecule has 1 aliphatic rings. The van der Waals surface area contributed by atoms with Crippen LogP contribution >= 0.6 is 11.6 Å². The average Bonchev–Trinajstić information content (AvgIpc) is 2.61. The Bertz CT molecular complexity index is 411. The predicted molar refractivity (Wildman–Crippen MR) is 70.4 cm³/mol. The molecular weight excluding hydrogens is 254 g/mol. The molecule has 0 radical (unpaired) electrons. The number of hydrogen-bond acceptors (Lipinski definition) is 4. The van der Waals surface area contributed by atoms with E-state index in [9.17, 15) is 0 Å². The fraction of sp³-hybridized carbons (Fsp3) is 0.538. The van der Waals surface area contributed by atoms with E-state index in [0.29, 0.717) is 36.3 Å². The molecule has 18 heavy (non-hydrogen) atoms. The summed E-state index contributed by atoms with van der Waals surface area (Å²) >= 11 is 6.19. The number of halogens is 1. The van der Waals surface area contributed by atoms with Crippen LogP contribution < -0.4 is 14.8 Å². The van der Waals surface area contributed by atoms with E-state index in [2.05, 4.69) is 5.32 Å². The van der Waals surface area contributed by atoms with Crippen molar-refractivity contribution >= 4 is 11.6 Å². The summed E-state index contributed by atoms with van der Waals surface area (Å²) in [7, 11) is 0. The second-order valence-corrected chi connectivity index (χ2v) is 4.83. The van der Waals surface area contributed by atoms with Crippen molar-refractivity contribution in [3.05, 3.63) is 22.7 Å². The van der Waals surface area contributed by atoms with Crippen LogP contribution in [0, 0.1) is 0 Å². The van der Waals surface area contributed by atoms with Gasteiger partial charge in [0.2, 0.25) is 0 Å². The van der Waals surface area contributed by atoms with Crippen molar-refractivity contribution in [2.24, 2.45) is 0 Å². The van der Waals surface area contributed by atoms with Gasteiger partial charge in [-0.2, -0.15) is 0 Å². The third-order valence-corrected chi connectivity index (χ3v) is 3.07. The molecule has 0 aromatic heterocycles. The molecule has 1 unspecified atom stereocenters. The number of benzene rings is 1. The van der Waals surface area contributed by atoms with Crippen LogP contribution in [0.15, 0.2) is 12.1 Å². The van der Waals surface area contributed by atoms with E-state index in [-0.39, 0.29) is 12.6 Å². The van der Waals surface area contributed by atoms with Crippen LogP contribution in [-0.2, 0) is 6.54 Å². The minimum Gasteiger partial charge on any atom is -0.489 e.